The third-order valence-electron chi connectivity index (χ3n) is 4.34. The van der Waals surface area contributed by atoms with Crippen molar-refractivity contribution in [2.45, 2.75) is 32.1 Å². The fourth-order valence-electron chi connectivity index (χ4n) is 2.88. The van der Waals surface area contributed by atoms with E-state index in [1.165, 1.54) is 30.2 Å². The van der Waals surface area contributed by atoms with Crippen LogP contribution in [0.25, 0.3) is 10.9 Å². The number of hydrogen-bond acceptors (Lipinski definition) is 2. The molecule has 0 N–H and O–H groups in total. The van der Waals surface area contributed by atoms with Gasteiger partial charge in [0.25, 0.3) is 0 Å². The van der Waals surface area contributed by atoms with Crippen molar-refractivity contribution in [3.63, 3.8) is 0 Å². The first-order valence-electron chi connectivity index (χ1n) is 7.51. The summed E-state index contributed by atoms with van der Waals surface area (Å²) in [6.45, 7) is 4.34. The lowest BCUT2D eigenvalue weighted by molar-refractivity contribution is 0.318. The van der Waals surface area contributed by atoms with Gasteiger partial charge in [0.15, 0.2) is 0 Å². The van der Waals surface area contributed by atoms with Gasteiger partial charge in [-0.1, -0.05) is 24.6 Å². The normalized spacial score (nSPS) is 15.3. The minimum atomic E-state index is 0.539. The van der Waals surface area contributed by atoms with E-state index in [9.17, 15) is 0 Å². The molecule has 1 heterocycles. The molecule has 0 bridgehead atoms. The molecule has 0 atom stereocenters. The molecule has 0 aliphatic heterocycles. The van der Waals surface area contributed by atoms with Crippen molar-refractivity contribution in [1.82, 2.24) is 4.98 Å². The maximum Gasteiger partial charge on any atom is 0.129 e. The summed E-state index contributed by atoms with van der Waals surface area (Å²) in [5.74, 6) is 2.47. The molecular weight excluding hydrogens is 268 g/mol. The predicted octanol–water partition coefficient (Wildman–Crippen LogP) is 4.60. The zero-order valence-electron chi connectivity index (χ0n) is 12.0. The standard InChI is InChI=1S/C17H21ClN2/c1-2-20(12-13-6-5-7-13)17-10-14(11-18)15-8-3-4-9-16(15)19-17/h3-4,8-10,13H,2,5-7,11-12H2,1H3. The van der Waals surface area contributed by atoms with Crippen LogP contribution in [0.4, 0.5) is 5.82 Å². The number of anilines is 1. The number of nitrogens with zero attached hydrogens (tertiary/aromatic N) is 2. The summed E-state index contributed by atoms with van der Waals surface area (Å²) < 4.78 is 0. The van der Waals surface area contributed by atoms with Crippen molar-refractivity contribution < 1.29 is 0 Å². The van der Waals surface area contributed by atoms with Crippen molar-refractivity contribution in [2.24, 2.45) is 5.92 Å². The van der Waals surface area contributed by atoms with Gasteiger partial charge < -0.3 is 4.90 Å². The Morgan fingerprint density at radius 3 is 2.75 bits per heavy atom. The molecule has 0 radical (unpaired) electrons. The third-order valence-corrected chi connectivity index (χ3v) is 4.63. The Kier molecular flexibility index (Phi) is 4.11. The number of benzene rings is 1. The van der Waals surface area contributed by atoms with E-state index in [0.717, 1.165) is 30.3 Å². The second kappa shape index (κ2) is 6.01. The number of fused-ring (bicyclic) bond motifs is 1. The average molecular weight is 289 g/mol. The quantitative estimate of drug-likeness (QED) is 0.748. The van der Waals surface area contributed by atoms with Gasteiger partial charge >= 0.3 is 0 Å². The Morgan fingerprint density at radius 1 is 1.30 bits per heavy atom. The highest BCUT2D eigenvalue weighted by Crippen LogP contribution is 2.30. The van der Waals surface area contributed by atoms with Crippen molar-refractivity contribution in [2.75, 3.05) is 18.0 Å². The number of hydrogen-bond donors (Lipinski definition) is 0. The van der Waals surface area contributed by atoms with Crippen LogP contribution in [0.5, 0.6) is 0 Å². The first kappa shape index (κ1) is 13.7. The van der Waals surface area contributed by atoms with E-state index in [-0.39, 0.29) is 0 Å². The van der Waals surface area contributed by atoms with E-state index in [1.807, 2.05) is 12.1 Å². The van der Waals surface area contributed by atoms with Gasteiger partial charge in [-0.15, -0.1) is 11.6 Å². The summed E-state index contributed by atoms with van der Waals surface area (Å²) in [5.41, 5.74) is 2.23. The number of para-hydroxylation sites is 1. The summed E-state index contributed by atoms with van der Waals surface area (Å²) in [6, 6.07) is 10.4. The van der Waals surface area contributed by atoms with Crippen LogP contribution < -0.4 is 4.90 Å². The molecule has 1 aromatic carbocycles. The van der Waals surface area contributed by atoms with Crippen LogP contribution in [0.3, 0.4) is 0 Å². The van der Waals surface area contributed by atoms with Crippen LogP contribution in [-0.4, -0.2) is 18.1 Å². The van der Waals surface area contributed by atoms with Gasteiger partial charge in [0.05, 0.1) is 5.52 Å². The fourth-order valence-corrected chi connectivity index (χ4v) is 3.10. The summed E-state index contributed by atoms with van der Waals surface area (Å²) in [7, 11) is 0. The number of pyridine rings is 1. The van der Waals surface area contributed by atoms with Crippen molar-refractivity contribution in [3.05, 3.63) is 35.9 Å². The van der Waals surface area contributed by atoms with E-state index in [2.05, 4.69) is 30.0 Å². The molecule has 1 fully saturated rings. The molecule has 1 aliphatic rings. The minimum Gasteiger partial charge on any atom is -0.357 e. The Balaban J connectivity index is 1.96. The van der Waals surface area contributed by atoms with Crippen LogP contribution >= 0.6 is 11.6 Å². The molecule has 1 saturated carbocycles. The summed E-state index contributed by atoms with van der Waals surface area (Å²) in [5, 5.41) is 1.17. The lowest BCUT2D eigenvalue weighted by atomic mass is 9.85. The maximum atomic E-state index is 6.12. The van der Waals surface area contributed by atoms with Gasteiger partial charge in [-0.2, -0.15) is 0 Å². The highest BCUT2D eigenvalue weighted by molar-refractivity contribution is 6.18. The van der Waals surface area contributed by atoms with E-state index in [0.29, 0.717) is 5.88 Å². The Hall–Kier alpha value is -1.28. The van der Waals surface area contributed by atoms with E-state index in [1.54, 1.807) is 0 Å². The van der Waals surface area contributed by atoms with E-state index < -0.39 is 0 Å². The summed E-state index contributed by atoms with van der Waals surface area (Å²) in [4.78, 5) is 7.23. The number of aromatic nitrogens is 1. The highest BCUT2D eigenvalue weighted by atomic mass is 35.5. The molecular formula is C17H21ClN2. The molecule has 3 rings (SSSR count). The maximum absolute atomic E-state index is 6.12. The first-order valence-corrected chi connectivity index (χ1v) is 8.05. The Bertz CT molecular complexity index is 593. The third kappa shape index (κ3) is 2.62. The number of halogens is 1. The van der Waals surface area contributed by atoms with Crippen LogP contribution in [0.2, 0.25) is 0 Å². The summed E-state index contributed by atoms with van der Waals surface area (Å²) >= 11 is 6.12. The predicted molar refractivity (Wildman–Crippen MR) is 86.5 cm³/mol. The first-order chi connectivity index (χ1) is 9.81. The molecule has 1 aliphatic carbocycles. The van der Waals surface area contributed by atoms with Crippen molar-refractivity contribution in [1.29, 1.82) is 0 Å². The number of rotatable bonds is 5. The van der Waals surface area contributed by atoms with Gasteiger partial charge in [0.1, 0.15) is 5.82 Å². The molecule has 2 nitrogen and oxygen atoms in total. The molecule has 20 heavy (non-hydrogen) atoms. The zero-order chi connectivity index (χ0) is 13.9. The SMILES string of the molecule is CCN(CC1CCC1)c1cc(CCl)c2ccccc2n1. The topological polar surface area (TPSA) is 16.1 Å². The highest BCUT2D eigenvalue weighted by Gasteiger charge is 2.21. The van der Waals surface area contributed by atoms with Crippen molar-refractivity contribution in [3.8, 4) is 0 Å². The van der Waals surface area contributed by atoms with Gasteiger partial charge in [0.2, 0.25) is 0 Å². The monoisotopic (exact) mass is 288 g/mol. The molecule has 1 aromatic heterocycles. The smallest absolute Gasteiger partial charge is 0.129 e. The van der Waals surface area contributed by atoms with Crippen LogP contribution in [0.1, 0.15) is 31.7 Å². The van der Waals surface area contributed by atoms with Crippen LogP contribution in [0, 0.1) is 5.92 Å². The average Bonchev–Trinajstić information content (AvgIpc) is 2.45. The molecule has 0 saturated heterocycles. The molecule has 106 valence electrons. The Morgan fingerprint density at radius 2 is 2.10 bits per heavy atom. The van der Waals surface area contributed by atoms with Gasteiger partial charge in [0, 0.05) is 24.4 Å². The van der Waals surface area contributed by atoms with Crippen molar-refractivity contribution >= 4 is 28.3 Å². The zero-order valence-corrected chi connectivity index (χ0v) is 12.7. The lowest BCUT2D eigenvalue weighted by Crippen LogP contribution is -2.33. The molecule has 0 amide bonds. The molecule has 0 spiro atoms. The van der Waals surface area contributed by atoms with Gasteiger partial charge in [-0.3, -0.25) is 0 Å². The number of alkyl halides is 1. The van der Waals surface area contributed by atoms with Gasteiger partial charge in [-0.05, 0) is 43.4 Å². The second-order valence-corrected chi connectivity index (χ2v) is 5.89. The second-order valence-electron chi connectivity index (χ2n) is 5.63. The van der Waals surface area contributed by atoms with E-state index >= 15 is 0 Å². The summed E-state index contributed by atoms with van der Waals surface area (Å²) in [6.07, 6.45) is 4.12. The lowest BCUT2D eigenvalue weighted by Gasteiger charge is -2.32. The Labute approximate surface area is 125 Å². The fraction of sp³-hybridized carbons (Fsp3) is 0.471. The van der Waals surface area contributed by atoms with Gasteiger partial charge in [-0.25, -0.2) is 4.98 Å². The van der Waals surface area contributed by atoms with Crippen LogP contribution in [-0.2, 0) is 5.88 Å². The largest absolute Gasteiger partial charge is 0.357 e. The molecule has 3 heteroatoms. The molecule has 0 unspecified atom stereocenters. The van der Waals surface area contributed by atoms with Crippen LogP contribution in [0.15, 0.2) is 30.3 Å². The van der Waals surface area contributed by atoms with E-state index in [4.69, 9.17) is 16.6 Å². The minimum absolute atomic E-state index is 0.539. The molecule has 2 aromatic rings.